The molecule has 0 radical (unpaired) electrons. The van der Waals surface area contributed by atoms with Gasteiger partial charge in [-0.25, -0.2) is 0 Å². The SMILES string of the molecule is CC1CCCN(CCCNCC(C)(C)C)C1. The van der Waals surface area contributed by atoms with E-state index in [-0.39, 0.29) is 0 Å². The van der Waals surface area contributed by atoms with Crippen molar-refractivity contribution in [2.75, 3.05) is 32.7 Å². The van der Waals surface area contributed by atoms with E-state index in [1.54, 1.807) is 0 Å². The van der Waals surface area contributed by atoms with Gasteiger partial charge in [-0.2, -0.15) is 0 Å². The van der Waals surface area contributed by atoms with Crippen LogP contribution in [-0.4, -0.2) is 37.6 Å². The van der Waals surface area contributed by atoms with Crippen molar-refractivity contribution < 1.29 is 0 Å². The lowest BCUT2D eigenvalue weighted by Gasteiger charge is -2.30. The molecule has 2 heteroatoms. The maximum absolute atomic E-state index is 3.55. The summed E-state index contributed by atoms with van der Waals surface area (Å²) >= 11 is 0. The third-order valence-electron chi connectivity index (χ3n) is 3.22. The summed E-state index contributed by atoms with van der Waals surface area (Å²) in [6.07, 6.45) is 4.12. The molecule has 1 atom stereocenters. The van der Waals surface area contributed by atoms with Crippen LogP contribution in [0.1, 0.15) is 47.0 Å². The Morgan fingerprint density at radius 2 is 2.06 bits per heavy atom. The minimum Gasteiger partial charge on any atom is -0.316 e. The Hall–Kier alpha value is -0.0800. The standard InChI is InChI=1S/C14H30N2/c1-13-7-5-9-16(11-13)10-6-8-15-12-14(2,3)4/h13,15H,5-12H2,1-4H3. The van der Waals surface area contributed by atoms with Gasteiger partial charge in [-0.3, -0.25) is 0 Å². The summed E-state index contributed by atoms with van der Waals surface area (Å²) in [5.74, 6) is 0.913. The lowest BCUT2D eigenvalue weighted by Crippen LogP contribution is -2.36. The fourth-order valence-corrected chi connectivity index (χ4v) is 2.38. The fourth-order valence-electron chi connectivity index (χ4n) is 2.38. The van der Waals surface area contributed by atoms with Crippen LogP contribution < -0.4 is 5.32 Å². The van der Waals surface area contributed by atoms with Crippen LogP contribution in [0.2, 0.25) is 0 Å². The van der Waals surface area contributed by atoms with Crippen LogP contribution in [0, 0.1) is 11.3 Å². The van der Waals surface area contributed by atoms with E-state index in [9.17, 15) is 0 Å². The molecule has 1 saturated heterocycles. The van der Waals surface area contributed by atoms with Crippen LogP contribution >= 0.6 is 0 Å². The number of piperidine rings is 1. The topological polar surface area (TPSA) is 15.3 Å². The second kappa shape index (κ2) is 6.61. The molecule has 1 rings (SSSR count). The molecule has 2 nitrogen and oxygen atoms in total. The maximum atomic E-state index is 3.55. The van der Waals surface area contributed by atoms with Crippen molar-refractivity contribution in [3.05, 3.63) is 0 Å². The molecule has 0 bridgehead atoms. The molecule has 0 spiro atoms. The van der Waals surface area contributed by atoms with E-state index >= 15 is 0 Å². The molecule has 1 fully saturated rings. The summed E-state index contributed by atoms with van der Waals surface area (Å²) in [4.78, 5) is 2.63. The molecule has 1 aliphatic rings. The largest absolute Gasteiger partial charge is 0.316 e. The lowest BCUT2D eigenvalue weighted by atomic mass is 9.97. The highest BCUT2D eigenvalue weighted by Gasteiger charge is 2.15. The Kier molecular flexibility index (Phi) is 5.77. The van der Waals surface area contributed by atoms with Crippen molar-refractivity contribution in [3.63, 3.8) is 0 Å². The van der Waals surface area contributed by atoms with Gasteiger partial charge in [0.15, 0.2) is 0 Å². The van der Waals surface area contributed by atoms with Gasteiger partial charge in [-0.1, -0.05) is 27.7 Å². The molecule has 96 valence electrons. The van der Waals surface area contributed by atoms with Crippen LogP contribution in [0.4, 0.5) is 0 Å². The molecule has 0 aromatic carbocycles. The molecule has 16 heavy (non-hydrogen) atoms. The number of likely N-dealkylation sites (tertiary alicyclic amines) is 1. The molecule has 0 aromatic heterocycles. The molecule has 0 aliphatic carbocycles. The third-order valence-corrected chi connectivity index (χ3v) is 3.22. The molecule has 0 saturated carbocycles. The quantitative estimate of drug-likeness (QED) is 0.725. The van der Waals surface area contributed by atoms with Crippen molar-refractivity contribution in [2.45, 2.75) is 47.0 Å². The summed E-state index contributed by atoms with van der Waals surface area (Å²) in [5, 5.41) is 3.55. The number of rotatable bonds is 5. The van der Waals surface area contributed by atoms with Gasteiger partial charge in [-0.05, 0) is 56.8 Å². The average molecular weight is 226 g/mol. The highest BCUT2D eigenvalue weighted by atomic mass is 15.1. The van der Waals surface area contributed by atoms with E-state index in [2.05, 4.69) is 37.9 Å². The van der Waals surface area contributed by atoms with Crippen molar-refractivity contribution >= 4 is 0 Å². The van der Waals surface area contributed by atoms with E-state index in [0.717, 1.165) is 12.5 Å². The van der Waals surface area contributed by atoms with Gasteiger partial charge in [-0.15, -0.1) is 0 Å². The van der Waals surface area contributed by atoms with Gasteiger partial charge in [0.1, 0.15) is 0 Å². The smallest absolute Gasteiger partial charge is 0.000703 e. The average Bonchev–Trinajstić information content (AvgIpc) is 2.15. The Labute approximate surface area is 102 Å². The third kappa shape index (κ3) is 6.49. The summed E-state index contributed by atoms with van der Waals surface area (Å²) in [6.45, 7) is 15.4. The first-order valence-corrected chi connectivity index (χ1v) is 6.90. The zero-order chi connectivity index (χ0) is 12.0. The summed E-state index contributed by atoms with van der Waals surface area (Å²) in [5.41, 5.74) is 0.416. The van der Waals surface area contributed by atoms with E-state index in [1.165, 1.54) is 45.4 Å². The Morgan fingerprint density at radius 3 is 2.69 bits per heavy atom. The van der Waals surface area contributed by atoms with E-state index in [4.69, 9.17) is 0 Å². The molecule has 1 unspecified atom stereocenters. The zero-order valence-electron chi connectivity index (χ0n) is 11.7. The van der Waals surface area contributed by atoms with Crippen LogP contribution in [0.25, 0.3) is 0 Å². The van der Waals surface area contributed by atoms with Crippen molar-refractivity contribution in [1.82, 2.24) is 10.2 Å². The van der Waals surface area contributed by atoms with E-state index in [0.29, 0.717) is 5.41 Å². The van der Waals surface area contributed by atoms with Gasteiger partial charge in [0.2, 0.25) is 0 Å². The number of nitrogens with zero attached hydrogens (tertiary/aromatic N) is 1. The van der Waals surface area contributed by atoms with Crippen LogP contribution in [0.15, 0.2) is 0 Å². The van der Waals surface area contributed by atoms with Crippen molar-refractivity contribution in [2.24, 2.45) is 11.3 Å². The minimum atomic E-state index is 0.416. The number of nitrogens with one attached hydrogen (secondary N) is 1. The first kappa shape index (κ1) is 14.0. The fraction of sp³-hybridized carbons (Fsp3) is 1.00. The number of hydrogen-bond acceptors (Lipinski definition) is 2. The van der Waals surface area contributed by atoms with Crippen LogP contribution in [-0.2, 0) is 0 Å². The summed E-state index contributed by atoms with van der Waals surface area (Å²) in [7, 11) is 0. The van der Waals surface area contributed by atoms with E-state index < -0.39 is 0 Å². The van der Waals surface area contributed by atoms with Crippen LogP contribution in [0.3, 0.4) is 0 Å². The Bertz CT molecular complexity index is 184. The minimum absolute atomic E-state index is 0.416. The molecule has 1 heterocycles. The molecule has 1 aliphatic heterocycles. The molecule has 0 aromatic rings. The maximum Gasteiger partial charge on any atom is 0.000703 e. The summed E-state index contributed by atoms with van der Waals surface area (Å²) in [6, 6.07) is 0. The summed E-state index contributed by atoms with van der Waals surface area (Å²) < 4.78 is 0. The normalized spacial score (nSPS) is 23.6. The predicted molar refractivity (Wildman–Crippen MR) is 71.8 cm³/mol. The Balaban J connectivity index is 1.98. The highest BCUT2D eigenvalue weighted by Crippen LogP contribution is 2.15. The van der Waals surface area contributed by atoms with Gasteiger partial charge in [0.05, 0.1) is 0 Å². The van der Waals surface area contributed by atoms with Gasteiger partial charge < -0.3 is 10.2 Å². The highest BCUT2D eigenvalue weighted by molar-refractivity contribution is 4.70. The number of hydrogen-bond donors (Lipinski definition) is 1. The Morgan fingerprint density at radius 1 is 1.31 bits per heavy atom. The monoisotopic (exact) mass is 226 g/mol. The van der Waals surface area contributed by atoms with Gasteiger partial charge >= 0.3 is 0 Å². The van der Waals surface area contributed by atoms with Crippen molar-refractivity contribution in [1.29, 1.82) is 0 Å². The van der Waals surface area contributed by atoms with Gasteiger partial charge in [0, 0.05) is 6.54 Å². The second-order valence-corrected chi connectivity index (χ2v) is 6.64. The second-order valence-electron chi connectivity index (χ2n) is 6.64. The molecular formula is C14H30N2. The molecule has 1 N–H and O–H groups in total. The molecule has 0 amide bonds. The van der Waals surface area contributed by atoms with E-state index in [1.807, 2.05) is 0 Å². The van der Waals surface area contributed by atoms with Gasteiger partial charge in [0.25, 0.3) is 0 Å². The first-order chi connectivity index (χ1) is 7.47. The first-order valence-electron chi connectivity index (χ1n) is 6.90. The van der Waals surface area contributed by atoms with Crippen molar-refractivity contribution in [3.8, 4) is 0 Å². The molecular weight excluding hydrogens is 196 g/mol. The lowest BCUT2D eigenvalue weighted by molar-refractivity contribution is 0.181. The zero-order valence-corrected chi connectivity index (χ0v) is 11.7. The predicted octanol–water partition coefficient (Wildman–Crippen LogP) is 2.74. The van der Waals surface area contributed by atoms with Crippen LogP contribution in [0.5, 0.6) is 0 Å².